The Hall–Kier alpha value is -6.45. The average molecular weight is 618 g/mol. The highest BCUT2D eigenvalue weighted by molar-refractivity contribution is 5.92. The summed E-state index contributed by atoms with van der Waals surface area (Å²) in [5, 5.41) is 6.85. The Labute approximate surface area is 283 Å². The van der Waals surface area contributed by atoms with E-state index < -0.39 is 0 Å². The zero-order valence-electron chi connectivity index (χ0n) is 26.5. The summed E-state index contributed by atoms with van der Waals surface area (Å²) in [5.74, 6) is 0. The topological polar surface area (TPSA) is 18.8 Å². The zero-order chi connectivity index (χ0) is 32.4. The summed E-state index contributed by atoms with van der Waals surface area (Å²) in [5.41, 5.74) is 11.0. The second kappa shape index (κ2) is 14.8. The number of hydrogen-bond donors (Lipinski definition) is 0. The number of nitrogens with zero attached hydrogens (tertiary/aromatic N) is 3. The Morgan fingerprint density at radius 1 is 0.354 bits per heavy atom. The van der Waals surface area contributed by atoms with E-state index in [1.807, 2.05) is 47.6 Å². The molecule has 0 unspecified atom stereocenters. The quantitative estimate of drug-likeness (QED) is 0.0864. The minimum absolute atomic E-state index is 1.00. The standard InChI is InChI=1S/C45H35N3/c1-6-16-38(17-7-1)45(39-18-8-2-9-19-39)34-36-26-30-41(31-27-36)47(40-20-10-3-11-21-40)42-32-28-37(29-33-42)35-46-48(43-22-12-4-13-23-43)44-24-14-5-15-25-44/h1-35H/b46-35+. The summed E-state index contributed by atoms with van der Waals surface area (Å²) < 4.78 is 0. The van der Waals surface area contributed by atoms with Gasteiger partial charge in [-0.3, -0.25) is 0 Å². The average Bonchev–Trinajstić information content (AvgIpc) is 3.17. The minimum atomic E-state index is 1.00. The number of para-hydroxylation sites is 3. The Morgan fingerprint density at radius 3 is 1.15 bits per heavy atom. The van der Waals surface area contributed by atoms with Crippen LogP contribution < -0.4 is 9.91 Å². The van der Waals surface area contributed by atoms with E-state index in [0.29, 0.717) is 0 Å². The maximum atomic E-state index is 4.89. The molecule has 0 radical (unpaired) electrons. The second-order valence-corrected chi connectivity index (χ2v) is 11.4. The molecule has 48 heavy (non-hydrogen) atoms. The Morgan fingerprint density at radius 2 is 0.708 bits per heavy atom. The third kappa shape index (κ3) is 7.17. The van der Waals surface area contributed by atoms with Gasteiger partial charge in [0.2, 0.25) is 0 Å². The highest BCUT2D eigenvalue weighted by Gasteiger charge is 2.13. The molecule has 0 fully saturated rings. The van der Waals surface area contributed by atoms with E-state index in [1.165, 1.54) is 16.7 Å². The highest BCUT2D eigenvalue weighted by atomic mass is 15.5. The maximum Gasteiger partial charge on any atom is 0.0652 e. The SMILES string of the molecule is C(=C(c1ccccc1)c1ccccc1)c1ccc(N(c2ccccc2)c2ccc(/C=N/N(c3ccccc3)c3ccccc3)cc2)cc1. The molecule has 0 aliphatic carbocycles. The fourth-order valence-corrected chi connectivity index (χ4v) is 5.73. The molecule has 0 heterocycles. The van der Waals surface area contributed by atoms with Gasteiger partial charge in [-0.1, -0.05) is 140 Å². The van der Waals surface area contributed by atoms with Gasteiger partial charge < -0.3 is 4.90 Å². The molecule has 0 aliphatic rings. The van der Waals surface area contributed by atoms with Gasteiger partial charge in [0.05, 0.1) is 17.6 Å². The van der Waals surface area contributed by atoms with Gasteiger partial charge in [-0.15, -0.1) is 0 Å². The zero-order valence-corrected chi connectivity index (χ0v) is 26.5. The first-order valence-electron chi connectivity index (χ1n) is 16.1. The lowest BCUT2D eigenvalue weighted by Gasteiger charge is -2.25. The Balaban J connectivity index is 1.19. The van der Waals surface area contributed by atoms with E-state index in [-0.39, 0.29) is 0 Å². The van der Waals surface area contributed by atoms with Crippen molar-refractivity contribution in [1.29, 1.82) is 0 Å². The maximum absolute atomic E-state index is 4.89. The van der Waals surface area contributed by atoms with E-state index in [0.717, 1.165) is 39.6 Å². The lowest BCUT2D eigenvalue weighted by Crippen LogP contribution is -2.10. The van der Waals surface area contributed by atoms with Crippen molar-refractivity contribution in [1.82, 2.24) is 0 Å². The molecule has 0 atom stereocenters. The summed E-state index contributed by atoms with van der Waals surface area (Å²) in [6.45, 7) is 0. The highest BCUT2D eigenvalue weighted by Crippen LogP contribution is 2.35. The molecule has 7 aromatic carbocycles. The van der Waals surface area contributed by atoms with Crippen molar-refractivity contribution in [3.05, 3.63) is 222 Å². The van der Waals surface area contributed by atoms with Crippen LogP contribution in [0.3, 0.4) is 0 Å². The van der Waals surface area contributed by atoms with Crippen LogP contribution in [0.1, 0.15) is 22.3 Å². The molecule has 0 aromatic heterocycles. The van der Waals surface area contributed by atoms with Crippen LogP contribution in [0, 0.1) is 0 Å². The van der Waals surface area contributed by atoms with Crippen LogP contribution in [-0.2, 0) is 0 Å². The third-order valence-corrected chi connectivity index (χ3v) is 8.12. The first-order valence-corrected chi connectivity index (χ1v) is 16.1. The second-order valence-electron chi connectivity index (χ2n) is 11.4. The van der Waals surface area contributed by atoms with Crippen molar-refractivity contribution in [2.75, 3.05) is 9.91 Å². The van der Waals surface area contributed by atoms with Crippen molar-refractivity contribution in [3.63, 3.8) is 0 Å². The van der Waals surface area contributed by atoms with Crippen molar-refractivity contribution in [2.24, 2.45) is 5.10 Å². The van der Waals surface area contributed by atoms with Crippen molar-refractivity contribution in [2.45, 2.75) is 0 Å². The summed E-state index contributed by atoms with van der Waals surface area (Å²) >= 11 is 0. The predicted molar refractivity (Wildman–Crippen MR) is 204 cm³/mol. The van der Waals surface area contributed by atoms with Crippen LogP contribution in [0.25, 0.3) is 11.6 Å². The molecular weight excluding hydrogens is 583 g/mol. The number of benzene rings is 7. The molecule has 0 amide bonds. The van der Waals surface area contributed by atoms with Gasteiger partial charge in [-0.2, -0.15) is 5.10 Å². The van der Waals surface area contributed by atoms with E-state index >= 15 is 0 Å². The van der Waals surface area contributed by atoms with Crippen LogP contribution >= 0.6 is 0 Å². The molecule has 7 aromatic rings. The number of hydrogen-bond acceptors (Lipinski definition) is 3. The molecule has 0 saturated carbocycles. The summed E-state index contributed by atoms with van der Waals surface area (Å²) in [6.07, 6.45) is 4.18. The van der Waals surface area contributed by atoms with Gasteiger partial charge >= 0.3 is 0 Å². The molecule has 3 nitrogen and oxygen atoms in total. The van der Waals surface area contributed by atoms with Gasteiger partial charge in [0.1, 0.15) is 0 Å². The van der Waals surface area contributed by atoms with E-state index in [1.54, 1.807) is 0 Å². The summed E-state index contributed by atoms with van der Waals surface area (Å²) in [7, 11) is 0. The third-order valence-electron chi connectivity index (χ3n) is 8.12. The van der Waals surface area contributed by atoms with Gasteiger partial charge in [0.25, 0.3) is 0 Å². The van der Waals surface area contributed by atoms with Gasteiger partial charge in [0, 0.05) is 17.1 Å². The molecule has 7 rings (SSSR count). The molecule has 230 valence electrons. The molecule has 0 spiro atoms. The summed E-state index contributed by atoms with van der Waals surface area (Å²) in [4.78, 5) is 2.28. The molecular formula is C45H35N3. The number of rotatable bonds is 10. The van der Waals surface area contributed by atoms with E-state index in [2.05, 4.69) is 175 Å². The van der Waals surface area contributed by atoms with Crippen LogP contribution in [0.5, 0.6) is 0 Å². The predicted octanol–water partition coefficient (Wildman–Crippen LogP) is 11.9. The molecule has 0 aliphatic heterocycles. The molecule has 0 bridgehead atoms. The molecule has 0 saturated heterocycles. The largest absolute Gasteiger partial charge is 0.311 e. The van der Waals surface area contributed by atoms with Crippen molar-refractivity contribution in [3.8, 4) is 0 Å². The first kappa shape index (κ1) is 30.2. The van der Waals surface area contributed by atoms with E-state index in [4.69, 9.17) is 5.10 Å². The summed E-state index contributed by atoms with van der Waals surface area (Å²) in [6, 6.07) is 69.4. The first-order chi connectivity index (χ1) is 23.8. The molecule has 3 heteroatoms. The van der Waals surface area contributed by atoms with Crippen LogP contribution in [-0.4, -0.2) is 6.21 Å². The van der Waals surface area contributed by atoms with Crippen LogP contribution in [0.15, 0.2) is 205 Å². The fraction of sp³-hybridized carbons (Fsp3) is 0. The minimum Gasteiger partial charge on any atom is -0.311 e. The smallest absolute Gasteiger partial charge is 0.0652 e. The monoisotopic (exact) mass is 617 g/mol. The number of hydrazone groups is 1. The lowest BCUT2D eigenvalue weighted by molar-refractivity contribution is 1.09. The fourth-order valence-electron chi connectivity index (χ4n) is 5.73. The van der Waals surface area contributed by atoms with Gasteiger partial charge in [-0.05, 0) is 94.6 Å². The number of anilines is 5. The Bertz CT molecular complexity index is 1990. The van der Waals surface area contributed by atoms with Crippen LogP contribution in [0.4, 0.5) is 28.4 Å². The van der Waals surface area contributed by atoms with E-state index in [9.17, 15) is 0 Å². The van der Waals surface area contributed by atoms with Crippen molar-refractivity contribution >= 4 is 46.3 Å². The van der Waals surface area contributed by atoms with Crippen LogP contribution in [0.2, 0.25) is 0 Å². The molecule has 0 N–H and O–H groups in total. The lowest BCUT2D eigenvalue weighted by atomic mass is 9.95. The normalized spacial score (nSPS) is 10.8. The van der Waals surface area contributed by atoms with Gasteiger partial charge in [0.15, 0.2) is 0 Å². The Kier molecular flexibility index (Phi) is 9.29. The van der Waals surface area contributed by atoms with Crippen molar-refractivity contribution < 1.29 is 0 Å². The van der Waals surface area contributed by atoms with Gasteiger partial charge in [-0.25, -0.2) is 5.01 Å².